The molecule has 1 aromatic carbocycles. The van der Waals surface area contributed by atoms with Crippen LogP contribution in [0.5, 0.6) is 0 Å². The summed E-state index contributed by atoms with van der Waals surface area (Å²) >= 11 is 3.08. The molecule has 30 heavy (non-hydrogen) atoms. The number of rotatable bonds is 5. The molecule has 0 fully saturated rings. The Bertz CT molecular complexity index is 954. The molecule has 1 aliphatic heterocycles. The molecule has 0 atom stereocenters. The van der Waals surface area contributed by atoms with E-state index in [0.29, 0.717) is 22.5 Å². The molecule has 0 saturated carbocycles. The van der Waals surface area contributed by atoms with Crippen molar-refractivity contribution in [2.24, 2.45) is 0 Å². The number of fused-ring (bicyclic) bond motifs is 1. The lowest BCUT2D eigenvalue weighted by Crippen LogP contribution is -2.55. The number of methoxy groups -OCH3 is 1. The number of thioether (sulfide) groups is 1. The monoisotopic (exact) mass is 468 g/mol. The van der Waals surface area contributed by atoms with Crippen molar-refractivity contribution in [2.45, 2.75) is 57.0 Å². The van der Waals surface area contributed by atoms with Gasteiger partial charge in [-0.3, -0.25) is 4.79 Å². The van der Waals surface area contributed by atoms with Crippen molar-refractivity contribution in [3.63, 3.8) is 0 Å². The number of anilines is 1. The van der Waals surface area contributed by atoms with Gasteiger partial charge in [-0.1, -0.05) is 19.1 Å². The minimum absolute atomic E-state index is 0. The molecule has 1 amide bonds. The maximum atomic E-state index is 13.1. The van der Waals surface area contributed by atoms with E-state index in [4.69, 9.17) is 4.74 Å². The van der Waals surface area contributed by atoms with E-state index < -0.39 is 5.97 Å². The minimum Gasteiger partial charge on any atom is -0.465 e. The number of halogens is 1. The predicted octanol–water partition coefficient (Wildman–Crippen LogP) is 5.48. The quantitative estimate of drug-likeness (QED) is 0.449. The molecule has 2 N–H and O–H groups in total. The molecule has 3 rings (SSSR count). The Hall–Kier alpha value is -1.54. The summed E-state index contributed by atoms with van der Waals surface area (Å²) in [5.41, 5.74) is 1.56. The zero-order valence-corrected chi connectivity index (χ0v) is 20.6. The lowest BCUT2D eigenvalue weighted by Gasteiger charge is -2.42. The molecule has 1 aromatic heterocycles. The van der Waals surface area contributed by atoms with Crippen LogP contribution in [0.3, 0.4) is 0 Å². The summed E-state index contributed by atoms with van der Waals surface area (Å²) in [5, 5.41) is 7.19. The third-order valence-electron chi connectivity index (χ3n) is 4.89. The molecule has 0 aliphatic carbocycles. The van der Waals surface area contributed by atoms with E-state index in [2.05, 4.69) is 45.3 Å². The number of hydrogen-bond acceptors (Lipinski definition) is 6. The van der Waals surface area contributed by atoms with Crippen molar-refractivity contribution >= 4 is 52.4 Å². The standard InChI is InChI=1S/C22H28N2O3S2.ClH/c1-7-28-15-11-9-8-10-13(15)18(25)23-19-16(20(26)27-6)14-12-21(2,3)24-22(4,5)17(14)29-19;/h8-11,24H,7,12H2,1-6H3,(H,23,25);1H. The average molecular weight is 469 g/mol. The lowest BCUT2D eigenvalue weighted by molar-refractivity contribution is 0.0600. The van der Waals surface area contributed by atoms with Gasteiger partial charge in [-0.25, -0.2) is 4.79 Å². The SMILES string of the molecule is CCSc1ccccc1C(=O)Nc1sc2c(c1C(=O)OC)CC(C)(C)NC2(C)C.Cl. The number of hydrogen-bond donors (Lipinski definition) is 2. The van der Waals surface area contributed by atoms with E-state index in [1.54, 1.807) is 11.8 Å². The van der Waals surface area contributed by atoms with Crippen LogP contribution >= 0.6 is 35.5 Å². The van der Waals surface area contributed by atoms with Gasteiger partial charge >= 0.3 is 5.97 Å². The zero-order valence-electron chi connectivity index (χ0n) is 18.2. The molecule has 1 aliphatic rings. The molecule has 164 valence electrons. The van der Waals surface area contributed by atoms with Crippen molar-refractivity contribution < 1.29 is 14.3 Å². The normalized spacial score (nSPS) is 16.2. The Morgan fingerprint density at radius 2 is 1.90 bits per heavy atom. The van der Waals surface area contributed by atoms with E-state index in [0.717, 1.165) is 21.1 Å². The zero-order chi connectivity index (χ0) is 21.4. The third kappa shape index (κ3) is 4.85. The first-order valence-corrected chi connectivity index (χ1v) is 11.5. The number of ether oxygens (including phenoxy) is 1. The largest absolute Gasteiger partial charge is 0.465 e. The van der Waals surface area contributed by atoms with Crippen LogP contribution in [0, 0.1) is 0 Å². The van der Waals surface area contributed by atoms with E-state index in [1.807, 2.05) is 24.3 Å². The first-order valence-electron chi connectivity index (χ1n) is 9.66. The smallest absolute Gasteiger partial charge is 0.341 e. The van der Waals surface area contributed by atoms with Gasteiger partial charge in [0, 0.05) is 20.9 Å². The van der Waals surface area contributed by atoms with Gasteiger partial charge in [0.25, 0.3) is 5.91 Å². The summed E-state index contributed by atoms with van der Waals surface area (Å²) in [4.78, 5) is 27.8. The fourth-order valence-corrected chi connectivity index (χ4v) is 6.10. The lowest BCUT2D eigenvalue weighted by atomic mass is 9.81. The van der Waals surface area contributed by atoms with Crippen LogP contribution in [-0.4, -0.2) is 30.3 Å². The van der Waals surface area contributed by atoms with Gasteiger partial charge in [0.15, 0.2) is 0 Å². The maximum absolute atomic E-state index is 13.1. The first kappa shape index (κ1) is 24.7. The molecule has 0 saturated heterocycles. The summed E-state index contributed by atoms with van der Waals surface area (Å²) in [6, 6.07) is 7.53. The molecule has 2 aromatic rings. The number of amides is 1. The summed E-state index contributed by atoms with van der Waals surface area (Å²) < 4.78 is 5.08. The number of benzene rings is 1. The summed E-state index contributed by atoms with van der Waals surface area (Å²) in [7, 11) is 1.38. The highest BCUT2D eigenvalue weighted by molar-refractivity contribution is 7.99. The number of nitrogens with one attached hydrogen (secondary N) is 2. The second-order valence-electron chi connectivity index (χ2n) is 8.30. The van der Waals surface area contributed by atoms with Crippen LogP contribution in [0.2, 0.25) is 0 Å². The fraction of sp³-hybridized carbons (Fsp3) is 0.455. The molecule has 0 spiro atoms. The van der Waals surface area contributed by atoms with Crippen molar-refractivity contribution in [2.75, 3.05) is 18.2 Å². The van der Waals surface area contributed by atoms with E-state index in [1.165, 1.54) is 18.4 Å². The maximum Gasteiger partial charge on any atom is 0.341 e. The summed E-state index contributed by atoms with van der Waals surface area (Å²) in [5.74, 6) is 0.248. The second kappa shape index (κ2) is 9.30. The Labute approximate surface area is 192 Å². The number of esters is 1. The molecule has 8 heteroatoms. The Morgan fingerprint density at radius 3 is 2.53 bits per heavy atom. The highest BCUT2D eigenvalue weighted by atomic mass is 35.5. The fourth-order valence-electron chi connectivity index (χ4n) is 4.04. The molecule has 0 radical (unpaired) electrons. The van der Waals surface area contributed by atoms with Crippen LogP contribution in [0.15, 0.2) is 29.2 Å². The molecule has 0 bridgehead atoms. The van der Waals surface area contributed by atoms with Crippen molar-refractivity contribution in [1.82, 2.24) is 5.32 Å². The van der Waals surface area contributed by atoms with Gasteiger partial charge in [-0.05, 0) is 57.6 Å². The molecule has 0 unspecified atom stereocenters. The van der Waals surface area contributed by atoms with E-state index in [9.17, 15) is 9.59 Å². The minimum atomic E-state index is -0.414. The Balaban J connectivity index is 0.00000320. The third-order valence-corrected chi connectivity index (χ3v) is 7.32. The number of thiophene rings is 1. The topological polar surface area (TPSA) is 67.4 Å². The van der Waals surface area contributed by atoms with Crippen molar-refractivity contribution in [1.29, 1.82) is 0 Å². The van der Waals surface area contributed by atoms with Gasteiger partial charge in [-0.2, -0.15) is 0 Å². The predicted molar refractivity (Wildman–Crippen MR) is 128 cm³/mol. The molecule has 5 nitrogen and oxygen atoms in total. The average Bonchev–Trinajstić information content (AvgIpc) is 2.98. The number of carbonyl (C=O) groups is 2. The van der Waals surface area contributed by atoms with Crippen molar-refractivity contribution in [3.8, 4) is 0 Å². The molecular formula is C22H29ClN2O3S2. The molecular weight excluding hydrogens is 440 g/mol. The van der Waals surface area contributed by atoms with Crippen LogP contribution in [0.25, 0.3) is 0 Å². The number of carbonyl (C=O) groups excluding carboxylic acids is 2. The van der Waals surface area contributed by atoms with Crippen LogP contribution < -0.4 is 10.6 Å². The van der Waals surface area contributed by atoms with Crippen LogP contribution in [-0.2, 0) is 16.7 Å². The first-order chi connectivity index (χ1) is 13.6. The van der Waals surface area contributed by atoms with E-state index in [-0.39, 0.29) is 29.4 Å². The van der Waals surface area contributed by atoms with Gasteiger partial charge in [0.05, 0.1) is 18.2 Å². The van der Waals surface area contributed by atoms with Crippen LogP contribution in [0.1, 0.15) is 65.8 Å². The van der Waals surface area contributed by atoms with E-state index >= 15 is 0 Å². The van der Waals surface area contributed by atoms with Crippen LogP contribution in [0.4, 0.5) is 5.00 Å². The van der Waals surface area contributed by atoms with Crippen molar-refractivity contribution in [3.05, 3.63) is 45.8 Å². The van der Waals surface area contributed by atoms with Gasteiger partial charge in [-0.15, -0.1) is 35.5 Å². The highest BCUT2D eigenvalue weighted by Gasteiger charge is 2.42. The summed E-state index contributed by atoms with van der Waals surface area (Å²) in [6.07, 6.45) is 0.685. The molecule has 2 heterocycles. The second-order valence-corrected chi connectivity index (χ2v) is 10.6. The van der Waals surface area contributed by atoms with Gasteiger partial charge in [0.2, 0.25) is 0 Å². The van der Waals surface area contributed by atoms with Gasteiger partial charge < -0.3 is 15.4 Å². The Kier molecular flexibility index (Phi) is 7.67. The Morgan fingerprint density at radius 1 is 1.23 bits per heavy atom. The summed E-state index contributed by atoms with van der Waals surface area (Å²) in [6.45, 7) is 10.5. The highest BCUT2D eigenvalue weighted by Crippen LogP contribution is 2.45. The van der Waals surface area contributed by atoms with Gasteiger partial charge in [0.1, 0.15) is 5.00 Å².